The van der Waals surface area contributed by atoms with Crippen LogP contribution in [0.25, 0.3) is 0 Å². The van der Waals surface area contributed by atoms with Gasteiger partial charge >= 0.3 is 0 Å². The lowest BCUT2D eigenvalue weighted by Gasteiger charge is -2.34. The van der Waals surface area contributed by atoms with Crippen LogP contribution in [-0.4, -0.2) is 12.6 Å². The summed E-state index contributed by atoms with van der Waals surface area (Å²) in [4.78, 5) is 0. The highest BCUT2D eigenvalue weighted by Crippen LogP contribution is 2.35. The standard InChI is InChI=1S/C17H24N2O/c1-17(2)9-7-15(8-10-17)19-13-14-5-3-4-6-16(14)20-12-11-18/h3-6,15,19H,7-10,12-13H2,1-2H3. The molecule has 1 aliphatic carbocycles. The first-order valence-corrected chi connectivity index (χ1v) is 7.42. The molecule has 3 nitrogen and oxygen atoms in total. The van der Waals surface area contributed by atoms with E-state index in [1.807, 2.05) is 24.3 Å². The summed E-state index contributed by atoms with van der Waals surface area (Å²) in [6, 6.07) is 10.6. The minimum absolute atomic E-state index is 0.106. The van der Waals surface area contributed by atoms with E-state index in [0.717, 1.165) is 17.9 Å². The quantitative estimate of drug-likeness (QED) is 0.890. The molecule has 108 valence electrons. The normalized spacial score (nSPS) is 18.4. The summed E-state index contributed by atoms with van der Waals surface area (Å²) < 4.78 is 5.46. The SMILES string of the molecule is CC1(C)CCC(NCc2ccccc2OCC#N)CC1. The van der Waals surface area contributed by atoms with Gasteiger partial charge in [0.05, 0.1) is 0 Å². The smallest absolute Gasteiger partial charge is 0.174 e. The second kappa shape index (κ2) is 6.76. The molecular weight excluding hydrogens is 248 g/mol. The van der Waals surface area contributed by atoms with Gasteiger partial charge in [0.2, 0.25) is 0 Å². The van der Waals surface area contributed by atoms with E-state index in [9.17, 15) is 0 Å². The van der Waals surface area contributed by atoms with Crippen LogP contribution in [0.1, 0.15) is 45.1 Å². The summed E-state index contributed by atoms with van der Waals surface area (Å²) in [6.07, 6.45) is 5.07. The van der Waals surface area contributed by atoms with Crippen molar-refractivity contribution in [2.24, 2.45) is 5.41 Å². The summed E-state index contributed by atoms with van der Waals surface area (Å²) in [5.41, 5.74) is 1.64. The van der Waals surface area contributed by atoms with Gasteiger partial charge < -0.3 is 10.1 Å². The number of hydrogen-bond donors (Lipinski definition) is 1. The number of nitrogens with zero attached hydrogens (tertiary/aromatic N) is 1. The summed E-state index contributed by atoms with van der Waals surface area (Å²) in [5.74, 6) is 0.817. The maximum atomic E-state index is 8.61. The van der Waals surface area contributed by atoms with Crippen molar-refractivity contribution in [2.75, 3.05) is 6.61 Å². The number of nitriles is 1. The van der Waals surface area contributed by atoms with E-state index in [4.69, 9.17) is 10.00 Å². The van der Waals surface area contributed by atoms with Crippen LogP contribution in [0, 0.1) is 16.7 Å². The van der Waals surface area contributed by atoms with Crippen molar-refractivity contribution in [3.05, 3.63) is 29.8 Å². The van der Waals surface area contributed by atoms with Gasteiger partial charge in [0, 0.05) is 18.2 Å². The average Bonchev–Trinajstić information content (AvgIpc) is 2.45. The Hall–Kier alpha value is -1.53. The van der Waals surface area contributed by atoms with Crippen molar-refractivity contribution in [1.82, 2.24) is 5.32 Å². The zero-order chi connectivity index (χ0) is 14.4. The van der Waals surface area contributed by atoms with Gasteiger partial charge in [-0.05, 0) is 37.2 Å². The fourth-order valence-electron chi connectivity index (χ4n) is 2.76. The summed E-state index contributed by atoms with van der Waals surface area (Å²) in [7, 11) is 0. The van der Waals surface area contributed by atoms with Crippen LogP contribution in [0.5, 0.6) is 5.75 Å². The molecule has 0 unspecified atom stereocenters. The Bertz CT molecular complexity index is 466. The van der Waals surface area contributed by atoms with Gasteiger partial charge in [-0.2, -0.15) is 5.26 Å². The van der Waals surface area contributed by atoms with E-state index in [1.54, 1.807) is 0 Å². The lowest BCUT2D eigenvalue weighted by atomic mass is 9.75. The van der Waals surface area contributed by atoms with Crippen LogP contribution >= 0.6 is 0 Å². The summed E-state index contributed by atoms with van der Waals surface area (Å²) in [6.45, 7) is 5.63. The molecule has 0 aliphatic heterocycles. The molecule has 2 rings (SSSR count). The number of para-hydroxylation sites is 1. The molecule has 1 aliphatic rings. The number of nitrogens with one attached hydrogen (secondary N) is 1. The first-order valence-electron chi connectivity index (χ1n) is 7.42. The third kappa shape index (κ3) is 4.25. The topological polar surface area (TPSA) is 45.0 Å². The molecule has 0 amide bonds. The number of hydrogen-bond acceptors (Lipinski definition) is 3. The Morgan fingerprint density at radius 2 is 2.00 bits per heavy atom. The molecule has 1 aromatic carbocycles. The predicted molar refractivity (Wildman–Crippen MR) is 80.4 cm³/mol. The first kappa shape index (κ1) is 14.9. The summed E-state index contributed by atoms with van der Waals surface area (Å²) >= 11 is 0. The third-order valence-corrected chi connectivity index (χ3v) is 4.19. The molecule has 1 fully saturated rings. The Balaban J connectivity index is 1.87. The molecule has 0 bridgehead atoms. The monoisotopic (exact) mass is 272 g/mol. The van der Waals surface area contributed by atoms with Crippen LogP contribution in [0.2, 0.25) is 0 Å². The van der Waals surface area contributed by atoms with Crippen molar-refractivity contribution in [1.29, 1.82) is 5.26 Å². The van der Waals surface area contributed by atoms with Crippen LogP contribution in [0.4, 0.5) is 0 Å². The van der Waals surface area contributed by atoms with Crippen molar-refractivity contribution in [3.63, 3.8) is 0 Å². The molecule has 1 saturated carbocycles. The first-order chi connectivity index (χ1) is 9.61. The average molecular weight is 272 g/mol. The maximum absolute atomic E-state index is 8.61. The van der Waals surface area contributed by atoms with E-state index in [0.29, 0.717) is 11.5 Å². The molecule has 1 aromatic rings. The number of benzene rings is 1. The zero-order valence-electron chi connectivity index (χ0n) is 12.5. The molecule has 0 spiro atoms. The Morgan fingerprint density at radius 3 is 2.70 bits per heavy atom. The molecule has 0 saturated heterocycles. The van der Waals surface area contributed by atoms with Gasteiger partial charge in [0.15, 0.2) is 6.61 Å². The minimum atomic E-state index is 0.106. The fraction of sp³-hybridized carbons (Fsp3) is 0.588. The van der Waals surface area contributed by atoms with Gasteiger partial charge in [-0.3, -0.25) is 0 Å². The van der Waals surface area contributed by atoms with Gasteiger partial charge in [0.1, 0.15) is 11.8 Å². The lowest BCUT2D eigenvalue weighted by Crippen LogP contribution is -2.35. The molecule has 0 atom stereocenters. The van der Waals surface area contributed by atoms with Crippen molar-refractivity contribution >= 4 is 0 Å². The number of ether oxygens (including phenoxy) is 1. The second-order valence-corrected chi connectivity index (χ2v) is 6.37. The molecular formula is C17H24N2O. The highest BCUT2D eigenvalue weighted by Gasteiger charge is 2.26. The largest absolute Gasteiger partial charge is 0.478 e. The third-order valence-electron chi connectivity index (χ3n) is 4.19. The van der Waals surface area contributed by atoms with E-state index in [1.165, 1.54) is 25.7 Å². The zero-order valence-corrected chi connectivity index (χ0v) is 12.5. The summed E-state index contributed by atoms with van der Waals surface area (Å²) in [5, 5.41) is 12.2. The number of rotatable bonds is 5. The Kier molecular flexibility index (Phi) is 5.03. The van der Waals surface area contributed by atoms with Gasteiger partial charge in [0.25, 0.3) is 0 Å². The van der Waals surface area contributed by atoms with Gasteiger partial charge in [-0.1, -0.05) is 32.0 Å². The van der Waals surface area contributed by atoms with E-state index < -0.39 is 0 Å². The van der Waals surface area contributed by atoms with E-state index in [2.05, 4.69) is 25.2 Å². The molecule has 0 heterocycles. The molecule has 1 N–H and O–H groups in total. The molecule has 20 heavy (non-hydrogen) atoms. The highest BCUT2D eigenvalue weighted by molar-refractivity contribution is 5.33. The van der Waals surface area contributed by atoms with Crippen molar-refractivity contribution in [3.8, 4) is 11.8 Å². The minimum Gasteiger partial charge on any atom is -0.478 e. The van der Waals surface area contributed by atoms with Crippen LogP contribution in [0.3, 0.4) is 0 Å². The predicted octanol–water partition coefficient (Wildman–Crippen LogP) is 3.65. The van der Waals surface area contributed by atoms with Gasteiger partial charge in [-0.15, -0.1) is 0 Å². The second-order valence-electron chi connectivity index (χ2n) is 6.37. The maximum Gasteiger partial charge on any atom is 0.174 e. The fourth-order valence-corrected chi connectivity index (χ4v) is 2.76. The van der Waals surface area contributed by atoms with Crippen molar-refractivity contribution in [2.45, 2.75) is 52.1 Å². The molecule has 0 radical (unpaired) electrons. The van der Waals surface area contributed by atoms with Crippen LogP contribution in [0.15, 0.2) is 24.3 Å². The molecule has 3 heteroatoms. The van der Waals surface area contributed by atoms with E-state index >= 15 is 0 Å². The Morgan fingerprint density at radius 1 is 1.30 bits per heavy atom. The van der Waals surface area contributed by atoms with E-state index in [-0.39, 0.29) is 6.61 Å². The van der Waals surface area contributed by atoms with Crippen molar-refractivity contribution < 1.29 is 4.74 Å². The van der Waals surface area contributed by atoms with Crippen LogP contribution < -0.4 is 10.1 Å². The van der Waals surface area contributed by atoms with Crippen LogP contribution in [-0.2, 0) is 6.54 Å². The van der Waals surface area contributed by atoms with Gasteiger partial charge in [-0.25, -0.2) is 0 Å². The Labute approximate surface area is 121 Å². The lowest BCUT2D eigenvalue weighted by molar-refractivity contribution is 0.205. The molecule has 0 aromatic heterocycles. The highest BCUT2D eigenvalue weighted by atomic mass is 16.5.